The van der Waals surface area contributed by atoms with Gasteiger partial charge in [0, 0.05) is 5.56 Å². The summed E-state index contributed by atoms with van der Waals surface area (Å²) < 4.78 is 30.7. The van der Waals surface area contributed by atoms with Crippen LogP contribution in [0.5, 0.6) is 5.75 Å². The van der Waals surface area contributed by atoms with Gasteiger partial charge in [0.25, 0.3) is 0 Å². The van der Waals surface area contributed by atoms with E-state index >= 15 is 0 Å². The van der Waals surface area contributed by atoms with Gasteiger partial charge in [0.2, 0.25) is 0 Å². The highest BCUT2D eigenvalue weighted by Gasteiger charge is 2.23. The highest BCUT2D eigenvalue weighted by atomic mass is 32.2. The Hall–Kier alpha value is -1.81. The van der Waals surface area contributed by atoms with Gasteiger partial charge in [0.05, 0.1) is 17.8 Å². The minimum atomic E-state index is -3.21. The van der Waals surface area contributed by atoms with Crippen molar-refractivity contribution in [3.63, 3.8) is 0 Å². The minimum absolute atomic E-state index is 0.279. The zero-order chi connectivity index (χ0) is 17.0. The summed E-state index contributed by atoms with van der Waals surface area (Å²) in [5.41, 5.74) is 1.93. The Morgan fingerprint density at radius 1 is 0.958 bits per heavy atom. The monoisotopic (exact) mass is 344 g/mol. The van der Waals surface area contributed by atoms with Crippen molar-refractivity contribution in [2.24, 2.45) is 5.92 Å². The average molecular weight is 344 g/mol. The van der Waals surface area contributed by atoms with Crippen LogP contribution in [0.1, 0.15) is 32.1 Å². The van der Waals surface area contributed by atoms with Crippen LogP contribution in [-0.2, 0) is 9.84 Å². The fourth-order valence-electron chi connectivity index (χ4n) is 3.49. The minimum Gasteiger partial charge on any atom is -0.496 e. The fraction of sp³-hybridized carbons (Fsp3) is 0.400. The summed E-state index contributed by atoms with van der Waals surface area (Å²) in [6.07, 6.45) is 5.64. The van der Waals surface area contributed by atoms with E-state index in [-0.39, 0.29) is 5.75 Å². The lowest BCUT2D eigenvalue weighted by Crippen LogP contribution is -2.18. The van der Waals surface area contributed by atoms with Crippen molar-refractivity contribution < 1.29 is 13.2 Å². The molecule has 0 unspecified atom stereocenters. The molecule has 0 bridgehead atoms. The average Bonchev–Trinajstić information content (AvgIpc) is 2.62. The number of hydrogen-bond acceptors (Lipinski definition) is 3. The van der Waals surface area contributed by atoms with Crippen LogP contribution >= 0.6 is 0 Å². The zero-order valence-corrected chi connectivity index (χ0v) is 14.9. The molecule has 0 aliphatic heterocycles. The Kier molecular flexibility index (Phi) is 5.24. The van der Waals surface area contributed by atoms with Crippen LogP contribution < -0.4 is 4.74 Å². The van der Waals surface area contributed by atoms with Gasteiger partial charge >= 0.3 is 0 Å². The van der Waals surface area contributed by atoms with E-state index in [0.717, 1.165) is 42.6 Å². The predicted octanol–water partition coefficient (Wildman–Crippen LogP) is 4.72. The van der Waals surface area contributed by atoms with Crippen LogP contribution in [0.2, 0.25) is 0 Å². The zero-order valence-electron chi connectivity index (χ0n) is 14.1. The lowest BCUT2D eigenvalue weighted by molar-refractivity contribution is 0.385. The van der Waals surface area contributed by atoms with E-state index in [0.29, 0.717) is 10.8 Å². The fourth-order valence-corrected chi connectivity index (χ4v) is 5.18. The number of rotatable bonds is 5. The second kappa shape index (κ2) is 7.39. The van der Waals surface area contributed by atoms with Crippen LogP contribution in [0.15, 0.2) is 53.4 Å². The van der Waals surface area contributed by atoms with E-state index in [2.05, 4.69) is 0 Å². The van der Waals surface area contributed by atoms with E-state index < -0.39 is 9.84 Å². The molecular formula is C20H24O3S. The highest BCUT2D eigenvalue weighted by Crippen LogP contribution is 2.31. The Bertz CT molecular complexity index is 773. The molecule has 0 amide bonds. The van der Waals surface area contributed by atoms with Gasteiger partial charge in [-0.3, -0.25) is 0 Å². The Labute approximate surface area is 144 Å². The first kappa shape index (κ1) is 17.0. The summed E-state index contributed by atoms with van der Waals surface area (Å²) in [6.45, 7) is 0. The van der Waals surface area contributed by atoms with E-state index in [1.165, 1.54) is 6.42 Å². The second-order valence-electron chi connectivity index (χ2n) is 6.51. The number of sulfone groups is 1. The molecule has 0 aromatic heterocycles. The van der Waals surface area contributed by atoms with Gasteiger partial charge in [-0.1, -0.05) is 49.6 Å². The van der Waals surface area contributed by atoms with E-state index in [1.54, 1.807) is 19.2 Å². The van der Waals surface area contributed by atoms with Crippen molar-refractivity contribution in [3.8, 4) is 16.9 Å². The third kappa shape index (κ3) is 3.81. The number of para-hydroxylation sites is 1. The number of ether oxygens (including phenoxy) is 1. The summed E-state index contributed by atoms with van der Waals surface area (Å²) in [4.78, 5) is 0.423. The van der Waals surface area contributed by atoms with Crippen molar-refractivity contribution in [1.82, 2.24) is 0 Å². The summed E-state index contributed by atoms with van der Waals surface area (Å²) in [7, 11) is -1.57. The summed E-state index contributed by atoms with van der Waals surface area (Å²) in [5, 5.41) is 0. The van der Waals surface area contributed by atoms with Gasteiger partial charge in [-0.05, 0) is 42.5 Å². The molecule has 0 saturated heterocycles. The lowest BCUT2D eigenvalue weighted by atomic mass is 9.91. The van der Waals surface area contributed by atoms with Crippen LogP contribution in [0, 0.1) is 5.92 Å². The third-order valence-electron chi connectivity index (χ3n) is 4.81. The molecule has 0 radical (unpaired) electrons. The summed E-state index contributed by atoms with van der Waals surface area (Å²) in [5.74, 6) is 1.38. The van der Waals surface area contributed by atoms with Gasteiger partial charge in [-0.15, -0.1) is 0 Å². The van der Waals surface area contributed by atoms with Gasteiger partial charge in [0.15, 0.2) is 9.84 Å². The standard InChI is InChI=1S/C20H24O3S/c1-23-20-10-6-5-9-19(20)17-11-13-18(14-12-17)24(21,22)15-16-7-3-2-4-8-16/h5-6,9-14,16H,2-4,7-8,15H2,1H3. The van der Waals surface area contributed by atoms with Crippen LogP contribution in [-0.4, -0.2) is 21.3 Å². The third-order valence-corrected chi connectivity index (χ3v) is 6.71. The molecule has 0 spiro atoms. The maximum Gasteiger partial charge on any atom is 0.178 e. The number of benzene rings is 2. The summed E-state index contributed by atoms with van der Waals surface area (Å²) in [6, 6.07) is 14.9. The van der Waals surface area contributed by atoms with Gasteiger partial charge in [0.1, 0.15) is 5.75 Å². The van der Waals surface area contributed by atoms with E-state index in [9.17, 15) is 8.42 Å². The van der Waals surface area contributed by atoms with E-state index in [1.807, 2.05) is 36.4 Å². The molecule has 1 fully saturated rings. The molecule has 0 atom stereocenters. The van der Waals surface area contributed by atoms with Crippen LogP contribution in [0.4, 0.5) is 0 Å². The molecule has 3 nitrogen and oxygen atoms in total. The molecule has 0 N–H and O–H groups in total. The largest absolute Gasteiger partial charge is 0.496 e. The molecule has 1 saturated carbocycles. The highest BCUT2D eigenvalue weighted by molar-refractivity contribution is 7.91. The molecule has 128 valence electrons. The quantitative estimate of drug-likeness (QED) is 0.788. The van der Waals surface area contributed by atoms with Gasteiger partial charge in [-0.2, -0.15) is 0 Å². The van der Waals surface area contributed by atoms with Crippen molar-refractivity contribution >= 4 is 9.84 Å². The smallest absolute Gasteiger partial charge is 0.178 e. The predicted molar refractivity (Wildman–Crippen MR) is 97.1 cm³/mol. The first-order valence-electron chi connectivity index (χ1n) is 8.56. The molecule has 3 rings (SSSR count). The maximum atomic E-state index is 12.6. The SMILES string of the molecule is COc1ccccc1-c1ccc(S(=O)(=O)CC2CCCCC2)cc1. The normalized spacial score (nSPS) is 16.0. The molecule has 1 aliphatic rings. The van der Waals surface area contributed by atoms with Gasteiger partial charge in [-0.25, -0.2) is 8.42 Å². The molecule has 2 aromatic carbocycles. The van der Waals surface area contributed by atoms with Crippen molar-refractivity contribution in [2.75, 3.05) is 12.9 Å². The van der Waals surface area contributed by atoms with Gasteiger partial charge < -0.3 is 4.74 Å². The topological polar surface area (TPSA) is 43.4 Å². The Morgan fingerprint density at radius 3 is 2.29 bits per heavy atom. The van der Waals surface area contributed by atoms with E-state index in [4.69, 9.17) is 4.74 Å². The first-order valence-corrected chi connectivity index (χ1v) is 10.2. The Morgan fingerprint density at radius 2 is 1.62 bits per heavy atom. The lowest BCUT2D eigenvalue weighted by Gasteiger charge is -2.21. The molecule has 24 heavy (non-hydrogen) atoms. The molecular weight excluding hydrogens is 320 g/mol. The Balaban J connectivity index is 1.80. The summed E-state index contributed by atoms with van der Waals surface area (Å²) >= 11 is 0. The van der Waals surface area contributed by atoms with Crippen molar-refractivity contribution in [1.29, 1.82) is 0 Å². The molecule has 2 aromatic rings. The molecule has 4 heteroatoms. The molecule has 1 aliphatic carbocycles. The van der Waals surface area contributed by atoms with Crippen molar-refractivity contribution in [2.45, 2.75) is 37.0 Å². The first-order chi connectivity index (χ1) is 11.6. The van der Waals surface area contributed by atoms with Crippen LogP contribution in [0.3, 0.4) is 0 Å². The van der Waals surface area contributed by atoms with Crippen molar-refractivity contribution in [3.05, 3.63) is 48.5 Å². The second-order valence-corrected chi connectivity index (χ2v) is 8.54. The number of methoxy groups -OCH3 is 1. The van der Waals surface area contributed by atoms with Crippen LogP contribution in [0.25, 0.3) is 11.1 Å². The molecule has 0 heterocycles. The number of hydrogen-bond donors (Lipinski definition) is 0. The maximum absolute atomic E-state index is 12.6.